The van der Waals surface area contributed by atoms with Gasteiger partial charge in [-0.05, 0) is 43.2 Å². The van der Waals surface area contributed by atoms with Crippen molar-refractivity contribution in [3.05, 3.63) is 64.6 Å². The summed E-state index contributed by atoms with van der Waals surface area (Å²) in [5.41, 5.74) is 1.86. The number of nitrogens with one attached hydrogen (secondary N) is 1. The number of carbonyl (C=O) groups excluding carboxylic acids is 2. The summed E-state index contributed by atoms with van der Waals surface area (Å²) in [5.74, 6) is -0.939. The number of hydrogen-bond donors (Lipinski definition) is 1. The Morgan fingerprint density at radius 3 is 2.50 bits per heavy atom. The zero-order valence-electron chi connectivity index (χ0n) is 13.4. The van der Waals surface area contributed by atoms with Crippen molar-refractivity contribution >= 4 is 33.4 Å². The number of amides is 2. The standard InChI is InChI=1S/C19H19BrN2O2/c1-13(14-5-3-2-4-6-14)21-18(23)17-11-12-22(19(17)24)16-9-7-15(20)8-10-16/h2-10,13,17H,11-12H2,1H3,(H,21,23). The largest absolute Gasteiger partial charge is 0.349 e. The normalized spacial score (nSPS) is 18.5. The van der Waals surface area contributed by atoms with Crippen LogP contribution in [0.25, 0.3) is 0 Å². The molecule has 3 rings (SSSR count). The third-order valence-corrected chi connectivity index (χ3v) is 4.85. The fraction of sp³-hybridized carbons (Fsp3) is 0.263. The van der Waals surface area contributed by atoms with Gasteiger partial charge in [0, 0.05) is 16.7 Å². The maximum atomic E-state index is 12.6. The molecule has 2 aromatic carbocycles. The van der Waals surface area contributed by atoms with E-state index in [0.29, 0.717) is 13.0 Å². The highest BCUT2D eigenvalue weighted by Crippen LogP contribution is 2.27. The lowest BCUT2D eigenvalue weighted by molar-refractivity contribution is -0.132. The van der Waals surface area contributed by atoms with Crippen LogP contribution in [0.4, 0.5) is 5.69 Å². The Kier molecular flexibility index (Phi) is 5.00. The van der Waals surface area contributed by atoms with Gasteiger partial charge in [-0.2, -0.15) is 0 Å². The number of benzene rings is 2. The van der Waals surface area contributed by atoms with Gasteiger partial charge in [-0.15, -0.1) is 0 Å². The third-order valence-electron chi connectivity index (χ3n) is 4.32. The molecule has 0 bridgehead atoms. The fourth-order valence-corrected chi connectivity index (χ4v) is 3.20. The van der Waals surface area contributed by atoms with Gasteiger partial charge in [0.2, 0.25) is 11.8 Å². The zero-order chi connectivity index (χ0) is 17.1. The first-order valence-electron chi connectivity index (χ1n) is 7.98. The SMILES string of the molecule is CC(NC(=O)C1CCN(c2ccc(Br)cc2)C1=O)c1ccccc1. The van der Waals surface area contributed by atoms with Crippen molar-refractivity contribution < 1.29 is 9.59 Å². The summed E-state index contributed by atoms with van der Waals surface area (Å²) in [5, 5.41) is 2.96. The Balaban J connectivity index is 1.66. The minimum atomic E-state index is -0.611. The van der Waals surface area contributed by atoms with Gasteiger partial charge in [-0.25, -0.2) is 0 Å². The van der Waals surface area contributed by atoms with Gasteiger partial charge >= 0.3 is 0 Å². The van der Waals surface area contributed by atoms with E-state index in [1.54, 1.807) is 4.90 Å². The van der Waals surface area contributed by atoms with Crippen molar-refractivity contribution in [2.45, 2.75) is 19.4 Å². The smallest absolute Gasteiger partial charge is 0.239 e. The number of rotatable bonds is 4. The molecule has 2 unspecified atom stereocenters. The molecule has 1 aliphatic rings. The molecule has 1 saturated heterocycles. The van der Waals surface area contributed by atoms with Crippen molar-refractivity contribution in [1.29, 1.82) is 0 Å². The molecule has 1 aliphatic heterocycles. The Hall–Kier alpha value is -2.14. The lowest BCUT2D eigenvalue weighted by Crippen LogP contribution is -2.38. The highest BCUT2D eigenvalue weighted by Gasteiger charge is 2.37. The molecule has 5 heteroatoms. The average Bonchev–Trinajstić information content (AvgIpc) is 2.98. The first kappa shape index (κ1) is 16.7. The molecule has 0 aromatic heterocycles. The van der Waals surface area contributed by atoms with Gasteiger partial charge in [0.05, 0.1) is 6.04 Å². The van der Waals surface area contributed by atoms with E-state index < -0.39 is 5.92 Å². The van der Waals surface area contributed by atoms with Crippen molar-refractivity contribution in [2.24, 2.45) is 5.92 Å². The number of halogens is 1. The van der Waals surface area contributed by atoms with E-state index in [-0.39, 0.29) is 17.9 Å². The number of hydrogen-bond acceptors (Lipinski definition) is 2. The second-order valence-electron chi connectivity index (χ2n) is 5.95. The van der Waals surface area contributed by atoms with Crippen LogP contribution in [0.1, 0.15) is 24.9 Å². The second kappa shape index (κ2) is 7.18. The lowest BCUT2D eigenvalue weighted by Gasteiger charge is -2.19. The molecule has 2 aromatic rings. The van der Waals surface area contributed by atoms with Gasteiger partial charge in [-0.1, -0.05) is 46.3 Å². The predicted molar refractivity (Wildman–Crippen MR) is 97.6 cm³/mol. The first-order valence-corrected chi connectivity index (χ1v) is 8.78. The summed E-state index contributed by atoms with van der Waals surface area (Å²) in [6.07, 6.45) is 0.544. The molecule has 0 radical (unpaired) electrons. The first-order chi connectivity index (χ1) is 11.6. The molecule has 0 spiro atoms. The van der Waals surface area contributed by atoms with E-state index in [0.717, 1.165) is 15.7 Å². The Morgan fingerprint density at radius 2 is 1.83 bits per heavy atom. The average molecular weight is 387 g/mol. The van der Waals surface area contributed by atoms with Gasteiger partial charge in [0.15, 0.2) is 0 Å². The van der Waals surface area contributed by atoms with Crippen LogP contribution in [0.5, 0.6) is 0 Å². The van der Waals surface area contributed by atoms with E-state index in [1.165, 1.54) is 0 Å². The maximum absolute atomic E-state index is 12.6. The van der Waals surface area contributed by atoms with Crippen LogP contribution in [0, 0.1) is 5.92 Å². The van der Waals surface area contributed by atoms with Gasteiger partial charge < -0.3 is 10.2 Å². The number of nitrogens with zero attached hydrogens (tertiary/aromatic N) is 1. The summed E-state index contributed by atoms with van der Waals surface area (Å²) in [4.78, 5) is 26.8. The molecule has 4 nitrogen and oxygen atoms in total. The summed E-state index contributed by atoms with van der Waals surface area (Å²) >= 11 is 3.39. The monoisotopic (exact) mass is 386 g/mol. The van der Waals surface area contributed by atoms with E-state index in [2.05, 4.69) is 21.2 Å². The molecule has 124 valence electrons. The van der Waals surface area contributed by atoms with Crippen LogP contribution >= 0.6 is 15.9 Å². The third kappa shape index (κ3) is 3.51. The minimum Gasteiger partial charge on any atom is -0.349 e. The van der Waals surface area contributed by atoms with E-state index in [4.69, 9.17) is 0 Å². The molecule has 24 heavy (non-hydrogen) atoms. The van der Waals surface area contributed by atoms with Gasteiger partial charge in [0.25, 0.3) is 0 Å². The van der Waals surface area contributed by atoms with Crippen LogP contribution in [-0.4, -0.2) is 18.4 Å². The minimum absolute atomic E-state index is 0.117. The van der Waals surface area contributed by atoms with Gasteiger partial charge in [0.1, 0.15) is 5.92 Å². The van der Waals surface area contributed by atoms with Gasteiger partial charge in [-0.3, -0.25) is 9.59 Å². The Bertz CT molecular complexity index is 731. The summed E-state index contributed by atoms with van der Waals surface area (Å²) in [6, 6.07) is 17.2. The predicted octanol–water partition coefficient (Wildman–Crippen LogP) is 3.68. The van der Waals surface area contributed by atoms with E-state index in [9.17, 15) is 9.59 Å². The van der Waals surface area contributed by atoms with Crippen molar-refractivity contribution in [3.63, 3.8) is 0 Å². The topological polar surface area (TPSA) is 49.4 Å². The highest BCUT2D eigenvalue weighted by atomic mass is 79.9. The van der Waals surface area contributed by atoms with Crippen molar-refractivity contribution in [3.8, 4) is 0 Å². The fourth-order valence-electron chi connectivity index (χ4n) is 2.94. The molecule has 0 aliphatic carbocycles. The summed E-state index contributed by atoms with van der Waals surface area (Å²) in [7, 11) is 0. The molecule has 2 atom stereocenters. The number of anilines is 1. The quantitative estimate of drug-likeness (QED) is 0.814. The molecular weight excluding hydrogens is 368 g/mol. The Labute approximate surface area is 150 Å². The van der Waals surface area contributed by atoms with Crippen LogP contribution in [-0.2, 0) is 9.59 Å². The summed E-state index contributed by atoms with van der Waals surface area (Å²) < 4.78 is 0.962. The molecule has 0 saturated carbocycles. The number of carbonyl (C=O) groups is 2. The Morgan fingerprint density at radius 1 is 1.17 bits per heavy atom. The van der Waals surface area contributed by atoms with Crippen LogP contribution in [0.2, 0.25) is 0 Å². The van der Waals surface area contributed by atoms with Crippen LogP contribution in [0.15, 0.2) is 59.1 Å². The molecule has 2 amide bonds. The maximum Gasteiger partial charge on any atom is 0.239 e. The highest BCUT2D eigenvalue weighted by molar-refractivity contribution is 9.10. The van der Waals surface area contributed by atoms with Crippen molar-refractivity contribution in [2.75, 3.05) is 11.4 Å². The molecule has 1 heterocycles. The van der Waals surface area contributed by atoms with E-state index in [1.807, 2.05) is 61.5 Å². The zero-order valence-corrected chi connectivity index (χ0v) is 15.0. The molecular formula is C19H19BrN2O2. The van der Waals surface area contributed by atoms with Crippen LogP contribution in [0.3, 0.4) is 0 Å². The summed E-state index contributed by atoms with van der Waals surface area (Å²) in [6.45, 7) is 2.50. The lowest BCUT2D eigenvalue weighted by atomic mass is 10.0. The molecule has 1 N–H and O–H groups in total. The van der Waals surface area contributed by atoms with E-state index >= 15 is 0 Å². The second-order valence-corrected chi connectivity index (χ2v) is 6.86. The van der Waals surface area contributed by atoms with Crippen LogP contribution < -0.4 is 10.2 Å². The molecule has 1 fully saturated rings. The van der Waals surface area contributed by atoms with Crippen molar-refractivity contribution in [1.82, 2.24) is 5.32 Å².